The van der Waals surface area contributed by atoms with Gasteiger partial charge in [0, 0.05) is 30.3 Å². The van der Waals surface area contributed by atoms with E-state index < -0.39 is 0 Å². The lowest BCUT2D eigenvalue weighted by Gasteiger charge is -2.13. The highest BCUT2D eigenvalue weighted by Crippen LogP contribution is 2.30. The van der Waals surface area contributed by atoms with Crippen molar-refractivity contribution in [3.8, 4) is 17.1 Å². The van der Waals surface area contributed by atoms with Crippen molar-refractivity contribution in [1.82, 2.24) is 29.3 Å². The summed E-state index contributed by atoms with van der Waals surface area (Å²) in [6.45, 7) is 4.84. The Morgan fingerprint density at radius 2 is 1.91 bits per heavy atom. The molecular formula is C25H24N6OS. The van der Waals surface area contributed by atoms with Crippen LogP contribution in [-0.2, 0) is 6.54 Å². The van der Waals surface area contributed by atoms with Crippen LogP contribution in [0.1, 0.15) is 17.5 Å². The Labute approximate surface area is 195 Å². The number of aromatic amines is 1. The molecule has 166 valence electrons. The van der Waals surface area contributed by atoms with E-state index in [0.29, 0.717) is 6.54 Å². The fourth-order valence-corrected chi connectivity index (χ4v) is 4.90. The van der Waals surface area contributed by atoms with Crippen molar-refractivity contribution in [3.05, 3.63) is 88.6 Å². The molecule has 0 bridgehead atoms. The van der Waals surface area contributed by atoms with Gasteiger partial charge in [-0.3, -0.25) is 14.1 Å². The largest absolute Gasteiger partial charge is 0.326 e. The molecular weight excluding hydrogens is 432 g/mol. The van der Waals surface area contributed by atoms with E-state index in [1.54, 1.807) is 22.5 Å². The minimum absolute atomic E-state index is 0.0708. The van der Waals surface area contributed by atoms with Crippen LogP contribution in [0.3, 0.4) is 0 Å². The predicted molar refractivity (Wildman–Crippen MR) is 132 cm³/mol. The van der Waals surface area contributed by atoms with Crippen molar-refractivity contribution in [3.63, 3.8) is 0 Å². The highest BCUT2D eigenvalue weighted by atomic mass is 32.2. The maximum atomic E-state index is 12.3. The SMILES string of the molecule is Cc1ccc(-n2c(SCCCn3c(=O)[nH]c4ccccc43)nnc2-c2cccnc2)c(C)c1. The summed E-state index contributed by atoms with van der Waals surface area (Å²) in [5, 5.41) is 9.84. The van der Waals surface area contributed by atoms with Crippen LogP contribution in [0.2, 0.25) is 0 Å². The van der Waals surface area contributed by atoms with Crippen molar-refractivity contribution < 1.29 is 0 Å². The number of benzene rings is 2. The molecule has 0 aliphatic rings. The number of aryl methyl sites for hydroxylation is 3. The van der Waals surface area contributed by atoms with E-state index in [2.05, 4.69) is 56.8 Å². The number of imidazole rings is 1. The van der Waals surface area contributed by atoms with Crippen molar-refractivity contribution >= 4 is 22.8 Å². The van der Waals surface area contributed by atoms with Crippen molar-refractivity contribution in [1.29, 1.82) is 0 Å². The van der Waals surface area contributed by atoms with Gasteiger partial charge in [-0.05, 0) is 56.2 Å². The Morgan fingerprint density at radius 1 is 1.03 bits per heavy atom. The minimum atomic E-state index is -0.0708. The maximum Gasteiger partial charge on any atom is 0.326 e. The molecule has 0 spiro atoms. The van der Waals surface area contributed by atoms with E-state index in [4.69, 9.17) is 0 Å². The summed E-state index contributed by atoms with van der Waals surface area (Å²) in [6.07, 6.45) is 4.39. The molecule has 0 saturated carbocycles. The molecule has 33 heavy (non-hydrogen) atoms. The summed E-state index contributed by atoms with van der Waals surface area (Å²) in [5.74, 6) is 1.58. The van der Waals surface area contributed by atoms with Crippen molar-refractivity contribution in [2.45, 2.75) is 32.0 Å². The fraction of sp³-hybridized carbons (Fsp3) is 0.200. The summed E-state index contributed by atoms with van der Waals surface area (Å²) in [5.41, 5.74) is 6.08. The number of pyridine rings is 1. The summed E-state index contributed by atoms with van der Waals surface area (Å²) < 4.78 is 3.90. The minimum Gasteiger partial charge on any atom is -0.306 e. The Balaban J connectivity index is 1.40. The van der Waals surface area contributed by atoms with Gasteiger partial charge in [0.25, 0.3) is 0 Å². The zero-order valence-electron chi connectivity index (χ0n) is 18.5. The quantitative estimate of drug-likeness (QED) is 0.282. The van der Waals surface area contributed by atoms with Gasteiger partial charge in [-0.15, -0.1) is 10.2 Å². The average molecular weight is 457 g/mol. The first-order chi connectivity index (χ1) is 16.1. The third-order valence-corrected chi connectivity index (χ3v) is 6.60. The molecule has 0 radical (unpaired) electrons. The lowest BCUT2D eigenvalue weighted by atomic mass is 10.1. The molecule has 0 saturated heterocycles. The standard InChI is InChI=1S/C25H24N6OS/c1-17-10-11-21(18(2)15-17)31-23(19-7-5-12-26-16-19)28-29-25(31)33-14-6-13-30-22-9-4-3-8-20(22)27-24(30)32/h3-5,7-12,15-16H,6,13-14H2,1-2H3,(H,27,32). The number of hydrogen-bond donors (Lipinski definition) is 1. The molecule has 0 aliphatic carbocycles. The van der Waals surface area contributed by atoms with Crippen LogP contribution in [0.15, 0.2) is 76.9 Å². The van der Waals surface area contributed by atoms with Crippen LogP contribution in [-0.4, -0.2) is 35.1 Å². The summed E-state index contributed by atoms with van der Waals surface area (Å²) >= 11 is 1.65. The van der Waals surface area contributed by atoms with E-state index in [0.717, 1.165) is 51.0 Å². The van der Waals surface area contributed by atoms with E-state index in [1.165, 1.54) is 5.56 Å². The monoisotopic (exact) mass is 456 g/mol. The first kappa shape index (κ1) is 21.2. The molecule has 1 N–H and O–H groups in total. The lowest BCUT2D eigenvalue weighted by molar-refractivity contribution is 0.678. The fourth-order valence-electron chi connectivity index (χ4n) is 4.03. The second-order valence-electron chi connectivity index (χ2n) is 7.97. The molecule has 0 atom stereocenters. The van der Waals surface area contributed by atoms with Crippen LogP contribution in [0.25, 0.3) is 28.1 Å². The Kier molecular flexibility index (Phi) is 5.83. The first-order valence-electron chi connectivity index (χ1n) is 10.9. The Hall–Kier alpha value is -3.65. The van der Waals surface area contributed by atoms with Crippen LogP contribution >= 0.6 is 11.8 Å². The van der Waals surface area contributed by atoms with Gasteiger partial charge in [0.05, 0.1) is 16.7 Å². The van der Waals surface area contributed by atoms with Crippen LogP contribution in [0, 0.1) is 13.8 Å². The summed E-state index contributed by atoms with van der Waals surface area (Å²) in [7, 11) is 0. The van der Waals surface area contributed by atoms with E-state index in [-0.39, 0.29) is 5.69 Å². The van der Waals surface area contributed by atoms with Gasteiger partial charge in [0.2, 0.25) is 0 Å². The molecule has 2 aromatic carbocycles. The third-order valence-electron chi connectivity index (χ3n) is 5.59. The molecule has 5 aromatic rings. The van der Waals surface area contributed by atoms with Gasteiger partial charge in [0.1, 0.15) is 0 Å². The number of thioether (sulfide) groups is 1. The van der Waals surface area contributed by atoms with Gasteiger partial charge >= 0.3 is 5.69 Å². The van der Waals surface area contributed by atoms with Crippen molar-refractivity contribution in [2.75, 3.05) is 5.75 Å². The molecule has 3 aromatic heterocycles. The number of H-pyrrole nitrogens is 1. The van der Waals surface area contributed by atoms with E-state index in [1.807, 2.05) is 42.6 Å². The number of para-hydroxylation sites is 2. The second-order valence-corrected chi connectivity index (χ2v) is 9.04. The molecule has 8 heteroatoms. The molecule has 0 amide bonds. The normalized spacial score (nSPS) is 11.3. The molecule has 3 heterocycles. The van der Waals surface area contributed by atoms with E-state index in [9.17, 15) is 4.79 Å². The number of nitrogens with zero attached hydrogens (tertiary/aromatic N) is 5. The van der Waals surface area contributed by atoms with Gasteiger partial charge in [-0.1, -0.05) is 41.6 Å². The van der Waals surface area contributed by atoms with Crippen LogP contribution in [0.4, 0.5) is 0 Å². The Bertz CT molecular complexity index is 1470. The summed E-state index contributed by atoms with van der Waals surface area (Å²) in [4.78, 5) is 19.5. The van der Waals surface area contributed by atoms with E-state index >= 15 is 0 Å². The molecule has 5 rings (SSSR count). The van der Waals surface area contributed by atoms with Crippen LogP contribution in [0.5, 0.6) is 0 Å². The number of aromatic nitrogens is 6. The van der Waals surface area contributed by atoms with Gasteiger partial charge in [-0.2, -0.15) is 0 Å². The molecule has 0 unspecified atom stereocenters. The molecule has 7 nitrogen and oxygen atoms in total. The zero-order valence-corrected chi connectivity index (χ0v) is 19.3. The average Bonchev–Trinajstić information content (AvgIpc) is 3.38. The zero-order chi connectivity index (χ0) is 22.8. The van der Waals surface area contributed by atoms with Gasteiger partial charge in [0.15, 0.2) is 11.0 Å². The molecule has 0 aliphatic heterocycles. The smallest absolute Gasteiger partial charge is 0.306 e. The summed E-state index contributed by atoms with van der Waals surface area (Å²) in [6, 6.07) is 18.1. The highest BCUT2D eigenvalue weighted by molar-refractivity contribution is 7.99. The number of rotatable bonds is 7. The van der Waals surface area contributed by atoms with Crippen molar-refractivity contribution in [2.24, 2.45) is 0 Å². The first-order valence-corrected chi connectivity index (χ1v) is 11.8. The second kappa shape index (κ2) is 9.07. The number of hydrogen-bond acceptors (Lipinski definition) is 5. The lowest BCUT2D eigenvalue weighted by Crippen LogP contribution is -2.17. The highest BCUT2D eigenvalue weighted by Gasteiger charge is 2.18. The maximum absolute atomic E-state index is 12.3. The Morgan fingerprint density at radius 3 is 2.73 bits per heavy atom. The number of nitrogens with one attached hydrogen (secondary N) is 1. The number of fused-ring (bicyclic) bond motifs is 1. The molecule has 0 fully saturated rings. The third kappa shape index (κ3) is 4.21. The topological polar surface area (TPSA) is 81.4 Å². The van der Waals surface area contributed by atoms with Gasteiger partial charge in [-0.25, -0.2) is 4.79 Å². The predicted octanol–water partition coefficient (Wildman–Crippen LogP) is 4.77. The van der Waals surface area contributed by atoms with Crippen LogP contribution < -0.4 is 5.69 Å². The van der Waals surface area contributed by atoms with Gasteiger partial charge < -0.3 is 4.98 Å².